The number of aromatic nitrogens is 1. The number of ether oxygens (including phenoxy) is 1. The summed E-state index contributed by atoms with van der Waals surface area (Å²) >= 11 is 5.48. The molecule has 3 nitrogen and oxygen atoms in total. The smallest absolute Gasteiger partial charge is 0.434 e. The molecule has 20 heavy (non-hydrogen) atoms. The first-order valence-electron chi connectivity index (χ1n) is 5.37. The van der Waals surface area contributed by atoms with E-state index in [1.165, 1.54) is 6.92 Å². The summed E-state index contributed by atoms with van der Waals surface area (Å²) < 4.78 is 67.6. The number of alkyl halides is 5. The number of nitrogens with zero attached hydrogens (tertiary/aromatic N) is 1. The average molecular weight is 318 g/mol. The zero-order chi connectivity index (χ0) is 15.5. The monoisotopic (exact) mass is 317 g/mol. The third-order valence-corrected chi connectivity index (χ3v) is 2.61. The van der Waals surface area contributed by atoms with Crippen molar-refractivity contribution in [3.8, 4) is 0 Å². The van der Waals surface area contributed by atoms with Crippen LogP contribution in [0.25, 0.3) is 0 Å². The Labute approximate surface area is 115 Å². The van der Waals surface area contributed by atoms with Crippen molar-refractivity contribution >= 4 is 17.6 Å². The second-order valence-electron chi connectivity index (χ2n) is 3.65. The summed E-state index contributed by atoms with van der Waals surface area (Å²) in [6, 6.07) is 0.666. The summed E-state index contributed by atoms with van der Waals surface area (Å²) in [6.45, 7) is 1.51. The average Bonchev–Trinajstić information content (AvgIpc) is 2.30. The van der Waals surface area contributed by atoms with Crippen molar-refractivity contribution in [1.29, 1.82) is 0 Å². The van der Waals surface area contributed by atoms with Crippen molar-refractivity contribution in [1.82, 2.24) is 4.98 Å². The van der Waals surface area contributed by atoms with Crippen LogP contribution in [-0.4, -0.2) is 17.6 Å². The van der Waals surface area contributed by atoms with Gasteiger partial charge in [0.05, 0.1) is 18.1 Å². The summed E-state index contributed by atoms with van der Waals surface area (Å²) in [6.07, 6.45) is -8.85. The molecule has 0 N–H and O–H groups in total. The molecule has 0 aromatic carbocycles. The molecule has 0 saturated heterocycles. The zero-order valence-electron chi connectivity index (χ0n) is 10.1. The largest absolute Gasteiger partial charge is 0.466 e. The van der Waals surface area contributed by atoms with Gasteiger partial charge in [0.1, 0.15) is 5.69 Å². The van der Waals surface area contributed by atoms with Crippen LogP contribution in [0.1, 0.15) is 30.3 Å². The summed E-state index contributed by atoms with van der Waals surface area (Å²) in [5.41, 5.74) is -3.14. The molecule has 0 radical (unpaired) electrons. The standard InChI is InChI=1S/C11H9ClF5NO2/c1-2-20-7(19)4-5-3-6(10(13)14)18-9(8(5)12)11(15,16)17/h3,10H,2,4H2,1H3. The highest BCUT2D eigenvalue weighted by Crippen LogP contribution is 2.36. The summed E-state index contributed by atoms with van der Waals surface area (Å²) in [5.74, 6) is -0.867. The second-order valence-corrected chi connectivity index (χ2v) is 4.03. The molecule has 1 aromatic rings. The minimum absolute atomic E-state index is 0.00929. The second kappa shape index (κ2) is 6.34. The Balaban J connectivity index is 3.28. The van der Waals surface area contributed by atoms with E-state index >= 15 is 0 Å². The minimum atomic E-state index is -4.99. The molecule has 0 aliphatic rings. The molecule has 0 aliphatic carbocycles. The lowest BCUT2D eigenvalue weighted by Gasteiger charge is -2.13. The Morgan fingerprint density at radius 3 is 2.50 bits per heavy atom. The topological polar surface area (TPSA) is 39.2 Å². The maximum atomic E-state index is 12.6. The van der Waals surface area contributed by atoms with E-state index in [1.54, 1.807) is 0 Å². The summed E-state index contributed by atoms with van der Waals surface area (Å²) in [5, 5.41) is -0.880. The van der Waals surface area contributed by atoms with E-state index in [0.717, 1.165) is 0 Å². The van der Waals surface area contributed by atoms with Gasteiger partial charge in [0.15, 0.2) is 5.69 Å². The lowest BCUT2D eigenvalue weighted by Crippen LogP contribution is -2.15. The number of hydrogen-bond acceptors (Lipinski definition) is 3. The summed E-state index contributed by atoms with van der Waals surface area (Å²) in [7, 11) is 0. The van der Waals surface area contributed by atoms with Crippen LogP contribution >= 0.6 is 11.6 Å². The van der Waals surface area contributed by atoms with E-state index in [4.69, 9.17) is 11.6 Å². The quantitative estimate of drug-likeness (QED) is 0.626. The van der Waals surface area contributed by atoms with Crippen LogP contribution in [0.4, 0.5) is 22.0 Å². The molecule has 1 heterocycles. The molecule has 0 unspecified atom stereocenters. The fraction of sp³-hybridized carbons (Fsp3) is 0.455. The van der Waals surface area contributed by atoms with Gasteiger partial charge in [0.2, 0.25) is 0 Å². The van der Waals surface area contributed by atoms with Crippen molar-refractivity contribution in [2.45, 2.75) is 25.9 Å². The molecule has 0 aliphatic heterocycles. The van der Waals surface area contributed by atoms with E-state index in [-0.39, 0.29) is 6.61 Å². The van der Waals surface area contributed by atoms with Gasteiger partial charge in [0, 0.05) is 0 Å². The van der Waals surface area contributed by atoms with Crippen LogP contribution in [0.2, 0.25) is 5.02 Å². The fourth-order valence-corrected chi connectivity index (χ4v) is 1.67. The van der Waals surface area contributed by atoms with Crippen LogP contribution in [0.3, 0.4) is 0 Å². The molecule has 9 heteroatoms. The molecule has 0 saturated carbocycles. The van der Waals surface area contributed by atoms with Crippen molar-refractivity contribution in [2.24, 2.45) is 0 Å². The van der Waals surface area contributed by atoms with Gasteiger partial charge in [-0.15, -0.1) is 0 Å². The molecule has 0 fully saturated rings. The van der Waals surface area contributed by atoms with Gasteiger partial charge in [-0.25, -0.2) is 13.8 Å². The predicted octanol–water partition coefficient (Wildman–Crippen LogP) is 3.80. The molecule has 0 atom stereocenters. The summed E-state index contributed by atoms with van der Waals surface area (Å²) in [4.78, 5) is 14.0. The number of rotatable bonds is 4. The van der Waals surface area contributed by atoms with Crippen LogP contribution < -0.4 is 0 Å². The van der Waals surface area contributed by atoms with Gasteiger partial charge in [-0.05, 0) is 18.6 Å². The van der Waals surface area contributed by atoms with Crippen molar-refractivity contribution in [3.63, 3.8) is 0 Å². The SMILES string of the molecule is CCOC(=O)Cc1cc(C(F)F)nc(C(F)(F)F)c1Cl. The molecular weight excluding hydrogens is 309 g/mol. The maximum absolute atomic E-state index is 12.6. The van der Waals surface area contributed by atoms with Gasteiger partial charge in [-0.3, -0.25) is 4.79 Å². The van der Waals surface area contributed by atoms with Crippen LogP contribution in [0, 0.1) is 0 Å². The number of carbonyl (C=O) groups excluding carboxylic acids is 1. The van der Waals surface area contributed by atoms with Crippen molar-refractivity contribution in [3.05, 3.63) is 28.0 Å². The number of esters is 1. The molecule has 0 spiro atoms. The maximum Gasteiger partial charge on any atom is 0.434 e. The number of hydrogen-bond donors (Lipinski definition) is 0. The lowest BCUT2D eigenvalue weighted by atomic mass is 10.1. The Kier molecular flexibility index (Phi) is 5.27. The van der Waals surface area contributed by atoms with E-state index in [1.807, 2.05) is 0 Å². The normalized spacial score (nSPS) is 11.8. The third-order valence-electron chi connectivity index (χ3n) is 2.19. The lowest BCUT2D eigenvalue weighted by molar-refractivity contribution is -0.143. The van der Waals surface area contributed by atoms with Gasteiger partial charge in [-0.2, -0.15) is 13.2 Å². The Morgan fingerprint density at radius 2 is 2.05 bits per heavy atom. The molecular formula is C11H9ClF5NO2. The van der Waals surface area contributed by atoms with E-state index in [2.05, 4.69) is 9.72 Å². The highest BCUT2D eigenvalue weighted by atomic mass is 35.5. The van der Waals surface area contributed by atoms with Gasteiger partial charge in [0.25, 0.3) is 6.43 Å². The first kappa shape index (κ1) is 16.6. The highest BCUT2D eigenvalue weighted by Gasteiger charge is 2.37. The highest BCUT2D eigenvalue weighted by molar-refractivity contribution is 6.32. The van der Waals surface area contributed by atoms with Gasteiger partial charge in [-0.1, -0.05) is 11.6 Å². The molecule has 1 rings (SSSR count). The Hall–Kier alpha value is -1.44. The first-order chi connectivity index (χ1) is 9.16. The Morgan fingerprint density at radius 1 is 1.45 bits per heavy atom. The number of carbonyl (C=O) groups is 1. The van der Waals surface area contributed by atoms with Crippen molar-refractivity contribution in [2.75, 3.05) is 6.61 Å². The molecule has 0 amide bonds. The third kappa shape index (κ3) is 4.03. The number of halogens is 6. The van der Waals surface area contributed by atoms with Gasteiger partial charge < -0.3 is 4.74 Å². The van der Waals surface area contributed by atoms with Crippen molar-refractivity contribution < 1.29 is 31.5 Å². The van der Waals surface area contributed by atoms with E-state index in [0.29, 0.717) is 6.07 Å². The predicted molar refractivity (Wildman–Crippen MR) is 59.5 cm³/mol. The van der Waals surface area contributed by atoms with Gasteiger partial charge >= 0.3 is 12.1 Å². The molecule has 1 aromatic heterocycles. The number of pyridine rings is 1. The zero-order valence-corrected chi connectivity index (χ0v) is 10.9. The van der Waals surface area contributed by atoms with E-state index in [9.17, 15) is 26.7 Å². The fourth-order valence-electron chi connectivity index (χ4n) is 1.40. The minimum Gasteiger partial charge on any atom is -0.466 e. The Bertz CT molecular complexity index is 504. The van der Waals surface area contributed by atoms with Crippen LogP contribution in [-0.2, 0) is 22.1 Å². The first-order valence-corrected chi connectivity index (χ1v) is 5.74. The van der Waals surface area contributed by atoms with Crippen LogP contribution in [0.15, 0.2) is 6.07 Å². The van der Waals surface area contributed by atoms with E-state index < -0.39 is 47.0 Å². The molecule has 112 valence electrons. The molecule has 0 bridgehead atoms. The van der Waals surface area contributed by atoms with Crippen LogP contribution in [0.5, 0.6) is 0 Å².